The van der Waals surface area contributed by atoms with Gasteiger partial charge in [0.25, 0.3) is 5.91 Å². The average molecular weight is 357 g/mol. The van der Waals surface area contributed by atoms with Crippen molar-refractivity contribution >= 4 is 11.9 Å². The van der Waals surface area contributed by atoms with Crippen molar-refractivity contribution in [2.45, 2.75) is 12.8 Å². The summed E-state index contributed by atoms with van der Waals surface area (Å²) in [6.07, 6.45) is 3.32. The van der Waals surface area contributed by atoms with Crippen molar-refractivity contribution in [1.29, 1.82) is 0 Å². The van der Waals surface area contributed by atoms with Gasteiger partial charge < -0.3 is 20.3 Å². The van der Waals surface area contributed by atoms with E-state index in [0.717, 1.165) is 37.2 Å². The number of carbonyl (C=O) groups is 1. The van der Waals surface area contributed by atoms with Crippen molar-refractivity contribution in [3.8, 4) is 5.75 Å². The second kappa shape index (κ2) is 10.4. The predicted octanol–water partition coefficient (Wildman–Crippen LogP) is 1.82. The molecule has 2 aromatic rings. The van der Waals surface area contributed by atoms with E-state index in [1.54, 1.807) is 19.4 Å². The van der Waals surface area contributed by atoms with Gasteiger partial charge in [0, 0.05) is 19.3 Å². The summed E-state index contributed by atoms with van der Waals surface area (Å²) in [5.41, 5.74) is 1.50. The minimum Gasteiger partial charge on any atom is -0.497 e. The number of methoxy groups -OCH3 is 1. The molecule has 0 bridgehead atoms. The average Bonchev–Trinajstić information content (AvgIpc) is 2.66. The Morgan fingerprint density at radius 3 is 2.62 bits per heavy atom. The van der Waals surface area contributed by atoms with Crippen molar-refractivity contribution in [2.24, 2.45) is 0 Å². The molecular weight excluding hydrogens is 330 g/mol. The van der Waals surface area contributed by atoms with E-state index in [4.69, 9.17) is 4.74 Å². The molecule has 0 fully saturated rings. The summed E-state index contributed by atoms with van der Waals surface area (Å²) >= 11 is 0. The standard InChI is InChI=1S/C19H27N5O2/c1-24(2)14-4-11-21-19-22-13-10-17(23-19)18(25)20-12-9-15-5-7-16(26-3)8-6-15/h5-8,10,13H,4,9,11-12,14H2,1-3H3,(H,20,25)(H,21,22,23). The quantitative estimate of drug-likeness (QED) is 0.632. The minimum atomic E-state index is -0.197. The third-order valence-electron chi connectivity index (χ3n) is 3.81. The molecule has 1 amide bonds. The number of rotatable bonds is 10. The molecule has 0 unspecified atom stereocenters. The second-order valence-electron chi connectivity index (χ2n) is 6.20. The highest BCUT2D eigenvalue weighted by Gasteiger charge is 2.08. The van der Waals surface area contributed by atoms with Gasteiger partial charge >= 0.3 is 0 Å². The number of anilines is 1. The summed E-state index contributed by atoms with van der Waals surface area (Å²) in [4.78, 5) is 22.8. The van der Waals surface area contributed by atoms with Gasteiger partial charge in [0.2, 0.25) is 5.95 Å². The molecule has 1 aromatic carbocycles. The van der Waals surface area contributed by atoms with Crippen LogP contribution in [-0.4, -0.2) is 61.6 Å². The minimum absolute atomic E-state index is 0.197. The van der Waals surface area contributed by atoms with Gasteiger partial charge in [-0.2, -0.15) is 0 Å². The van der Waals surface area contributed by atoms with E-state index < -0.39 is 0 Å². The van der Waals surface area contributed by atoms with E-state index in [0.29, 0.717) is 18.2 Å². The molecule has 2 N–H and O–H groups in total. The van der Waals surface area contributed by atoms with Crippen LogP contribution in [0.4, 0.5) is 5.95 Å². The van der Waals surface area contributed by atoms with E-state index in [1.807, 2.05) is 38.4 Å². The summed E-state index contributed by atoms with van der Waals surface area (Å²) in [6.45, 7) is 2.29. The molecule has 140 valence electrons. The Labute approximate surface area is 154 Å². The SMILES string of the molecule is COc1ccc(CCNC(=O)c2ccnc(NCCCN(C)C)n2)cc1. The first-order chi connectivity index (χ1) is 12.6. The number of benzene rings is 1. The first-order valence-electron chi connectivity index (χ1n) is 8.71. The van der Waals surface area contributed by atoms with E-state index in [2.05, 4.69) is 25.5 Å². The van der Waals surface area contributed by atoms with Crippen molar-refractivity contribution < 1.29 is 9.53 Å². The fourth-order valence-electron chi connectivity index (χ4n) is 2.37. The lowest BCUT2D eigenvalue weighted by Crippen LogP contribution is -2.27. The maximum Gasteiger partial charge on any atom is 0.270 e. The smallest absolute Gasteiger partial charge is 0.270 e. The number of nitrogens with zero attached hydrogens (tertiary/aromatic N) is 3. The zero-order valence-electron chi connectivity index (χ0n) is 15.7. The molecule has 0 aliphatic carbocycles. The van der Waals surface area contributed by atoms with Crippen LogP contribution < -0.4 is 15.4 Å². The van der Waals surface area contributed by atoms with Crippen molar-refractivity contribution in [3.63, 3.8) is 0 Å². The lowest BCUT2D eigenvalue weighted by molar-refractivity contribution is 0.0949. The molecule has 2 rings (SSSR count). The second-order valence-corrected chi connectivity index (χ2v) is 6.20. The summed E-state index contributed by atoms with van der Waals surface area (Å²) in [5.74, 6) is 1.10. The van der Waals surface area contributed by atoms with Crippen LogP contribution in [0, 0.1) is 0 Å². The predicted molar refractivity (Wildman–Crippen MR) is 103 cm³/mol. The Kier molecular flexibility index (Phi) is 7.82. The molecule has 0 aliphatic rings. The number of hydrogen-bond donors (Lipinski definition) is 2. The third-order valence-corrected chi connectivity index (χ3v) is 3.81. The van der Waals surface area contributed by atoms with E-state index in [1.165, 1.54) is 0 Å². The topological polar surface area (TPSA) is 79.4 Å². The van der Waals surface area contributed by atoms with Crippen molar-refractivity contribution in [1.82, 2.24) is 20.2 Å². The molecule has 1 aromatic heterocycles. The van der Waals surface area contributed by atoms with Crippen LogP contribution in [0.5, 0.6) is 5.75 Å². The molecule has 0 spiro atoms. The van der Waals surface area contributed by atoms with E-state index in [9.17, 15) is 4.79 Å². The van der Waals surface area contributed by atoms with E-state index >= 15 is 0 Å². The van der Waals surface area contributed by atoms with Gasteiger partial charge in [-0.3, -0.25) is 4.79 Å². The van der Waals surface area contributed by atoms with Gasteiger partial charge in [-0.25, -0.2) is 9.97 Å². The summed E-state index contributed by atoms with van der Waals surface area (Å²) in [6, 6.07) is 9.43. The summed E-state index contributed by atoms with van der Waals surface area (Å²) in [7, 11) is 5.71. The van der Waals surface area contributed by atoms with Gasteiger partial charge in [0.15, 0.2) is 0 Å². The highest BCUT2D eigenvalue weighted by atomic mass is 16.5. The van der Waals surface area contributed by atoms with Crippen LogP contribution >= 0.6 is 0 Å². The molecule has 0 saturated heterocycles. The molecule has 7 nitrogen and oxygen atoms in total. The molecule has 0 saturated carbocycles. The molecular formula is C19H27N5O2. The zero-order chi connectivity index (χ0) is 18.8. The van der Waals surface area contributed by atoms with Crippen LogP contribution in [0.15, 0.2) is 36.5 Å². The number of hydrogen-bond acceptors (Lipinski definition) is 6. The Morgan fingerprint density at radius 1 is 1.15 bits per heavy atom. The Hall–Kier alpha value is -2.67. The van der Waals surface area contributed by atoms with Gasteiger partial charge in [0.05, 0.1) is 7.11 Å². The maximum atomic E-state index is 12.3. The third kappa shape index (κ3) is 6.68. The van der Waals surface area contributed by atoms with Gasteiger partial charge in [0.1, 0.15) is 11.4 Å². The lowest BCUT2D eigenvalue weighted by atomic mass is 10.1. The van der Waals surface area contributed by atoms with Gasteiger partial charge in [-0.1, -0.05) is 12.1 Å². The molecule has 0 aliphatic heterocycles. The lowest BCUT2D eigenvalue weighted by Gasteiger charge is -2.10. The first kappa shape index (κ1) is 19.7. The molecule has 0 atom stereocenters. The Balaban J connectivity index is 1.78. The highest BCUT2D eigenvalue weighted by Crippen LogP contribution is 2.11. The van der Waals surface area contributed by atoms with Gasteiger partial charge in [-0.05, 0) is 57.2 Å². The van der Waals surface area contributed by atoms with Crippen LogP contribution in [0.25, 0.3) is 0 Å². The molecule has 1 heterocycles. The largest absolute Gasteiger partial charge is 0.497 e. The number of aromatic nitrogens is 2. The number of amides is 1. The molecule has 26 heavy (non-hydrogen) atoms. The van der Waals surface area contributed by atoms with Crippen molar-refractivity contribution in [3.05, 3.63) is 47.8 Å². The van der Waals surface area contributed by atoms with Crippen LogP contribution in [0.1, 0.15) is 22.5 Å². The number of carbonyl (C=O) groups excluding carboxylic acids is 1. The maximum absolute atomic E-state index is 12.3. The first-order valence-corrected chi connectivity index (χ1v) is 8.71. The van der Waals surface area contributed by atoms with Crippen LogP contribution in [-0.2, 0) is 6.42 Å². The summed E-state index contributed by atoms with van der Waals surface area (Å²) in [5, 5.41) is 6.04. The molecule has 0 radical (unpaired) electrons. The summed E-state index contributed by atoms with van der Waals surface area (Å²) < 4.78 is 5.14. The fourth-order valence-corrected chi connectivity index (χ4v) is 2.37. The van der Waals surface area contributed by atoms with Crippen LogP contribution in [0.3, 0.4) is 0 Å². The van der Waals surface area contributed by atoms with E-state index in [-0.39, 0.29) is 5.91 Å². The Bertz CT molecular complexity index is 689. The zero-order valence-corrected chi connectivity index (χ0v) is 15.7. The highest BCUT2D eigenvalue weighted by molar-refractivity contribution is 5.92. The monoisotopic (exact) mass is 357 g/mol. The fraction of sp³-hybridized carbons (Fsp3) is 0.421. The Morgan fingerprint density at radius 2 is 1.92 bits per heavy atom. The number of nitrogens with one attached hydrogen (secondary N) is 2. The van der Waals surface area contributed by atoms with Gasteiger partial charge in [-0.15, -0.1) is 0 Å². The number of ether oxygens (including phenoxy) is 1. The molecule has 7 heteroatoms. The van der Waals surface area contributed by atoms with Crippen LogP contribution in [0.2, 0.25) is 0 Å². The van der Waals surface area contributed by atoms with Crippen molar-refractivity contribution in [2.75, 3.05) is 46.2 Å². The normalized spacial score (nSPS) is 10.6.